The lowest BCUT2D eigenvalue weighted by Crippen LogP contribution is -2.27. The first-order valence-corrected chi connectivity index (χ1v) is 7.13. The number of amides is 1. The molecule has 0 radical (unpaired) electrons. The second kappa shape index (κ2) is 7.88. The average Bonchev–Trinajstić information content (AvgIpc) is 2.36. The summed E-state index contributed by atoms with van der Waals surface area (Å²) in [6, 6.07) is 7.53. The summed E-state index contributed by atoms with van der Waals surface area (Å²) in [6.07, 6.45) is -0.447. The Morgan fingerprint density at radius 1 is 1.19 bits per heavy atom. The Morgan fingerprint density at radius 3 is 2.29 bits per heavy atom. The van der Waals surface area contributed by atoms with E-state index in [2.05, 4.69) is 17.6 Å². The second-order valence-corrected chi connectivity index (χ2v) is 6.15. The summed E-state index contributed by atoms with van der Waals surface area (Å²) < 4.78 is 10.3. The number of carbonyl (C=O) groups is 1. The van der Waals surface area contributed by atoms with Crippen molar-refractivity contribution >= 4 is 17.5 Å². The first kappa shape index (κ1) is 17.3. The number of rotatable bonds is 6. The Balaban J connectivity index is 2.45. The van der Waals surface area contributed by atoms with E-state index in [1.54, 1.807) is 7.11 Å². The topological polar surface area (TPSA) is 59.6 Å². The maximum atomic E-state index is 11.6. The molecule has 1 rings (SSSR count). The number of benzene rings is 1. The van der Waals surface area contributed by atoms with Crippen LogP contribution in [-0.2, 0) is 9.47 Å². The van der Waals surface area contributed by atoms with Crippen LogP contribution in [0.4, 0.5) is 16.2 Å². The number of ether oxygens (including phenoxy) is 2. The summed E-state index contributed by atoms with van der Waals surface area (Å²) in [6.45, 7) is 9.19. The third-order valence-corrected chi connectivity index (χ3v) is 2.64. The van der Waals surface area contributed by atoms with Crippen LogP contribution in [0.1, 0.15) is 27.7 Å². The molecule has 2 N–H and O–H groups in total. The van der Waals surface area contributed by atoms with Crippen molar-refractivity contribution < 1.29 is 14.3 Å². The molecule has 0 aliphatic heterocycles. The highest BCUT2D eigenvalue weighted by atomic mass is 16.6. The van der Waals surface area contributed by atoms with E-state index in [1.165, 1.54) is 0 Å². The third-order valence-electron chi connectivity index (χ3n) is 2.64. The van der Waals surface area contributed by atoms with E-state index in [0.717, 1.165) is 18.8 Å². The fourth-order valence-electron chi connectivity index (χ4n) is 1.73. The van der Waals surface area contributed by atoms with Gasteiger partial charge in [-0.15, -0.1) is 0 Å². The highest BCUT2D eigenvalue weighted by molar-refractivity contribution is 5.85. The van der Waals surface area contributed by atoms with Gasteiger partial charge in [0.25, 0.3) is 0 Å². The Kier molecular flexibility index (Phi) is 6.49. The molecule has 0 saturated carbocycles. The standard InChI is InChI=1S/C16H26N2O3/c1-12(11-20-5)10-17-13-6-8-14(9-7-13)18-15(19)21-16(2,3)4/h6-9,12,17H,10-11H2,1-5H3,(H,18,19). The zero-order valence-electron chi connectivity index (χ0n) is 13.5. The van der Waals surface area contributed by atoms with Gasteiger partial charge in [0.2, 0.25) is 0 Å². The molecule has 0 bridgehead atoms. The summed E-state index contributed by atoms with van der Waals surface area (Å²) in [4.78, 5) is 11.6. The van der Waals surface area contributed by atoms with Gasteiger partial charge in [0.1, 0.15) is 5.60 Å². The molecule has 5 heteroatoms. The molecule has 0 heterocycles. The summed E-state index contributed by atoms with van der Waals surface area (Å²) in [5.74, 6) is 0.439. The van der Waals surface area contributed by atoms with Crippen LogP contribution in [0.2, 0.25) is 0 Å². The molecule has 1 unspecified atom stereocenters. The molecular weight excluding hydrogens is 268 g/mol. The fraction of sp³-hybridized carbons (Fsp3) is 0.562. The number of anilines is 2. The second-order valence-electron chi connectivity index (χ2n) is 6.15. The Bertz CT molecular complexity index is 438. The van der Waals surface area contributed by atoms with E-state index in [0.29, 0.717) is 11.6 Å². The monoisotopic (exact) mass is 294 g/mol. The van der Waals surface area contributed by atoms with Gasteiger partial charge in [0, 0.05) is 25.0 Å². The number of carbonyl (C=O) groups excluding carboxylic acids is 1. The number of hydrogen-bond acceptors (Lipinski definition) is 4. The Morgan fingerprint density at radius 2 is 1.76 bits per heavy atom. The molecule has 5 nitrogen and oxygen atoms in total. The predicted octanol–water partition coefficient (Wildman–Crippen LogP) is 3.73. The average molecular weight is 294 g/mol. The van der Waals surface area contributed by atoms with Gasteiger partial charge in [-0.1, -0.05) is 6.92 Å². The van der Waals surface area contributed by atoms with Gasteiger partial charge < -0.3 is 14.8 Å². The van der Waals surface area contributed by atoms with E-state index >= 15 is 0 Å². The van der Waals surface area contributed by atoms with Crippen molar-refractivity contribution in [1.29, 1.82) is 0 Å². The van der Waals surface area contributed by atoms with E-state index in [4.69, 9.17) is 9.47 Å². The van der Waals surface area contributed by atoms with Crippen molar-refractivity contribution in [3.05, 3.63) is 24.3 Å². The zero-order chi connectivity index (χ0) is 15.9. The van der Waals surface area contributed by atoms with Crippen LogP contribution < -0.4 is 10.6 Å². The lowest BCUT2D eigenvalue weighted by atomic mass is 10.2. The summed E-state index contributed by atoms with van der Waals surface area (Å²) in [5.41, 5.74) is 1.22. The van der Waals surface area contributed by atoms with Crippen molar-refractivity contribution in [3.8, 4) is 0 Å². The fourth-order valence-corrected chi connectivity index (χ4v) is 1.73. The SMILES string of the molecule is COCC(C)CNc1ccc(NC(=O)OC(C)(C)C)cc1. The number of hydrogen-bond donors (Lipinski definition) is 2. The molecule has 0 spiro atoms. The molecule has 1 aromatic rings. The maximum absolute atomic E-state index is 11.6. The largest absolute Gasteiger partial charge is 0.444 e. The molecule has 0 fully saturated rings. The molecular formula is C16H26N2O3. The number of nitrogens with one attached hydrogen (secondary N) is 2. The van der Waals surface area contributed by atoms with Gasteiger partial charge in [0.05, 0.1) is 6.61 Å². The summed E-state index contributed by atoms with van der Waals surface area (Å²) >= 11 is 0. The predicted molar refractivity (Wildman–Crippen MR) is 85.8 cm³/mol. The Labute approximate surface area is 127 Å². The van der Waals surface area contributed by atoms with Crippen LogP contribution in [0.5, 0.6) is 0 Å². The van der Waals surface area contributed by atoms with Crippen LogP contribution >= 0.6 is 0 Å². The normalized spacial score (nSPS) is 12.6. The lowest BCUT2D eigenvalue weighted by molar-refractivity contribution is 0.0636. The molecule has 118 valence electrons. The van der Waals surface area contributed by atoms with Gasteiger partial charge in [-0.2, -0.15) is 0 Å². The van der Waals surface area contributed by atoms with Gasteiger partial charge >= 0.3 is 6.09 Å². The Hall–Kier alpha value is -1.75. The molecule has 0 aromatic heterocycles. The van der Waals surface area contributed by atoms with Crippen molar-refractivity contribution in [3.63, 3.8) is 0 Å². The van der Waals surface area contributed by atoms with Gasteiger partial charge in [-0.05, 0) is 51.0 Å². The molecule has 0 aliphatic rings. The smallest absolute Gasteiger partial charge is 0.412 e. The van der Waals surface area contributed by atoms with Crippen molar-refractivity contribution in [2.24, 2.45) is 5.92 Å². The highest BCUT2D eigenvalue weighted by Crippen LogP contribution is 2.15. The number of methoxy groups -OCH3 is 1. The molecule has 1 amide bonds. The first-order valence-electron chi connectivity index (χ1n) is 7.13. The van der Waals surface area contributed by atoms with E-state index in [9.17, 15) is 4.79 Å². The molecule has 0 saturated heterocycles. The first-order chi connectivity index (χ1) is 9.80. The molecule has 1 aromatic carbocycles. The van der Waals surface area contributed by atoms with Crippen molar-refractivity contribution in [1.82, 2.24) is 0 Å². The van der Waals surface area contributed by atoms with Crippen LogP contribution in [0, 0.1) is 5.92 Å². The quantitative estimate of drug-likeness (QED) is 0.839. The molecule has 0 aliphatic carbocycles. The van der Waals surface area contributed by atoms with Crippen molar-refractivity contribution in [2.45, 2.75) is 33.3 Å². The van der Waals surface area contributed by atoms with Crippen LogP contribution in [0.3, 0.4) is 0 Å². The maximum Gasteiger partial charge on any atom is 0.412 e. The van der Waals surface area contributed by atoms with E-state index < -0.39 is 11.7 Å². The van der Waals surface area contributed by atoms with Crippen LogP contribution in [0.15, 0.2) is 24.3 Å². The lowest BCUT2D eigenvalue weighted by Gasteiger charge is -2.19. The summed E-state index contributed by atoms with van der Waals surface area (Å²) in [7, 11) is 1.70. The van der Waals surface area contributed by atoms with Gasteiger partial charge in [0.15, 0.2) is 0 Å². The minimum absolute atomic E-state index is 0.439. The summed E-state index contributed by atoms with van der Waals surface area (Å²) in [5, 5.41) is 6.03. The van der Waals surface area contributed by atoms with Crippen LogP contribution in [-0.4, -0.2) is 32.0 Å². The third kappa shape index (κ3) is 7.56. The van der Waals surface area contributed by atoms with E-state index in [1.807, 2.05) is 45.0 Å². The highest BCUT2D eigenvalue weighted by Gasteiger charge is 2.16. The van der Waals surface area contributed by atoms with Crippen LogP contribution in [0.25, 0.3) is 0 Å². The zero-order valence-corrected chi connectivity index (χ0v) is 13.5. The van der Waals surface area contributed by atoms with E-state index in [-0.39, 0.29) is 0 Å². The molecule has 1 atom stereocenters. The van der Waals surface area contributed by atoms with Gasteiger partial charge in [-0.3, -0.25) is 5.32 Å². The van der Waals surface area contributed by atoms with Gasteiger partial charge in [-0.25, -0.2) is 4.79 Å². The van der Waals surface area contributed by atoms with Crippen molar-refractivity contribution in [2.75, 3.05) is 30.9 Å². The minimum Gasteiger partial charge on any atom is -0.444 e. The molecule has 21 heavy (non-hydrogen) atoms. The minimum atomic E-state index is -0.497.